The van der Waals surface area contributed by atoms with Gasteiger partial charge in [0, 0.05) is 36.9 Å². The van der Waals surface area contributed by atoms with Crippen LogP contribution in [-0.4, -0.2) is 42.0 Å². The summed E-state index contributed by atoms with van der Waals surface area (Å²) in [5.74, 6) is 1.04. The number of benzene rings is 2. The van der Waals surface area contributed by atoms with E-state index in [0.717, 1.165) is 33.5 Å². The molecule has 6 rings (SSSR count). The number of rotatable bonds is 4. The molecule has 2 aromatic carbocycles. The maximum atomic E-state index is 13.4. The topological polar surface area (TPSA) is 93.4 Å². The van der Waals surface area contributed by atoms with Crippen LogP contribution in [0.15, 0.2) is 48.8 Å². The molecule has 4 heterocycles. The van der Waals surface area contributed by atoms with Gasteiger partial charge in [-0.05, 0) is 50.1 Å². The fourth-order valence-electron chi connectivity index (χ4n) is 5.95. The summed E-state index contributed by atoms with van der Waals surface area (Å²) < 4.78 is 33.9. The van der Waals surface area contributed by atoms with E-state index in [1.807, 2.05) is 31.2 Å². The highest BCUT2D eigenvalue weighted by Crippen LogP contribution is 2.53. The molecular formula is C28H27F2N5O3. The third-order valence-electron chi connectivity index (χ3n) is 7.52. The van der Waals surface area contributed by atoms with Gasteiger partial charge in [0.1, 0.15) is 17.2 Å². The number of hydrogen-bond acceptors (Lipinski definition) is 6. The smallest absolute Gasteiger partial charge is 0.387 e. The van der Waals surface area contributed by atoms with Gasteiger partial charge in [0.25, 0.3) is 0 Å². The second-order valence-corrected chi connectivity index (χ2v) is 10.4. The van der Waals surface area contributed by atoms with Crippen molar-refractivity contribution in [1.29, 1.82) is 0 Å². The van der Waals surface area contributed by atoms with Crippen LogP contribution in [-0.2, 0) is 10.4 Å². The van der Waals surface area contributed by atoms with Gasteiger partial charge in [0.15, 0.2) is 5.82 Å². The Morgan fingerprint density at radius 3 is 2.53 bits per heavy atom. The Labute approximate surface area is 217 Å². The second kappa shape index (κ2) is 8.56. The highest BCUT2D eigenvalue weighted by atomic mass is 19.3. The molecule has 0 aliphatic carbocycles. The minimum absolute atomic E-state index is 0.111. The zero-order valence-corrected chi connectivity index (χ0v) is 21.4. The molecule has 2 aliphatic heterocycles. The average Bonchev–Trinajstić information content (AvgIpc) is 3.36. The minimum atomic E-state index is -2.97. The van der Waals surface area contributed by atoms with Gasteiger partial charge in [-0.2, -0.15) is 8.78 Å². The SMILES string of the molecule is CC(=O)N1C(C)c2cccc(OC(F)F)c2[C@@H]2C[C@H]1c1nc3ccc(-c4cnc(C(C)(C)O)nc4)cc3n12. The maximum Gasteiger partial charge on any atom is 0.387 e. The van der Waals surface area contributed by atoms with E-state index in [9.17, 15) is 18.7 Å². The molecule has 10 heteroatoms. The van der Waals surface area contributed by atoms with Crippen LogP contribution >= 0.6 is 0 Å². The Balaban J connectivity index is 1.55. The van der Waals surface area contributed by atoms with E-state index in [0.29, 0.717) is 17.8 Å². The largest absolute Gasteiger partial charge is 0.434 e. The molecule has 1 N–H and O–H groups in total. The zero-order chi connectivity index (χ0) is 26.9. The molecule has 1 amide bonds. The molecule has 0 saturated heterocycles. The van der Waals surface area contributed by atoms with Gasteiger partial charge in [0.2, 0.25) is 5.91 Å². The normalized spacial score (nSPS) is 20.4. The molecule has 2 aromatic heterocycles. The Bertz CT molecular complexity index is 1560. The van der Waals surface area contributed by atoms with Crippen molar-refractivity contribution in [2.24, 2.45) is 0 Å². The lowest BCUT2D eigenvalue weighted by Gasteiger charge is -2.33. The summed E-state index contributed by atoms with van der Waals surface area (Å²) in [4.78, 5) is 28.2. The monoisotopic (exact) mass is 519 g/mol. The van der Waals surface area contributed by atoms with Gasteiger partial charge in [-0.3, -0.25) is 4.79 Å². The van der Waals surface area contributed by atoms with E-state index < -0.39 is 12.2 Å². The summed E-state index contributed by atoms with van der Waals surface area (Å²) in [6.45, 7) is 3.71. The second-order valence-electron chi connectivity index (χ2n) is 10.4. The number of alkyl halides is 2. The lowest BCUT2D eigenvalue weighted by Crippen LogP contribution is -2.34. The van der Waals surface area contributed by atoms with E-state index in [2.05, 4.69) is 14.5 Å². The molecule has 0 radical (unpaired) electrons. The Morgan fingerprint density at radius 2 is 1.87 bits per heavy atom. The highest BCUT2D eigenvalue weighted by molar-refractivity contribution is 5.84. The first-order valence-corrected chi connectivity index (χ1v) is 12.5. The van der Waals surface area contributed by atoms with Crippen molar-refractivity contribution in [1.82, 2.24) is 24.4 Å². The number of nitrogens with zero attached hydrogens (tertiary/aromatic N) is 5. The number of halogens is 2. The van der Waals surface area contributed by atoms with Gasteiger partial charge in [-0.25, -0.2) is 15.0 Å². The number of ether oxygens (including phenoxy) is 1. The minimum Gasteiger partial charge on any atom is -0.434 e. The number of hydrogen-bond donors (Lipinski definition) is 1. The van der Waals surface area contributed by atoms with Crippen molar-refractivity contribution in [2.75, 3.05) is 0 Å². The van der Waals surface area contributed by atoms with E-state index in [1.54, 1.807) is 43.3 Å². The summed E-state index contributed by atoms with van der Waals surface area (Å²) in [5, 5.41) is 10.2. The predicted octanol–water partition coefficient (Wildman–Crippen LogP) is 5.28. The standard InChI is InChI=1S/C28H27F2N5O3/c1-14-18-6-5-7-23(38-27(29)30)24(18)21-11-22(34(14)15(2)36)25-33-19-9-8-16(10-20(19)35(21)25)17-12-31-26(32-13-17)28(3,4)37/h5-10,12-14,21-22,27,37H,11H2,1-4H3/t14?,21-,22-/m0/s1. The number of carbonyl (C=O) groups excluding carboxylic acids is 1. The number of imidazole rings is 1. The van der Waals surface area contributed by atoms with Crippen LogP contribution < -0.4 is 4.74 Å². The van der Waals surface area contributed by atoms with Crippen LogP contribution in [0.1, 0.15) is 75.0 Å². The van der Waals surface area contributed by atoms with Crippen LogP contribution in [0, 0.1) is 0 Å². The highest BCUT2D eigenvalue weighted by Gasteiger charge is 2.46. The summed E-state index contributed by atoms with van der Waals surface area (Å²) >= 11 is 0. The molecule has 0 fully saturated rings. The Kier molecular flexibility index (Phi) is 5.50. The number of aromatic nitrogens is 4. The van der Waals surface area contributed by atoms with Crippen molar-refractivity contribution >= 4 is 16.9 Å². The number of carbonyl (C=O) groups is 1. The predicted molar refractivity (Wildman–Crippen MR) is 136 cm³/mol. The van der Waals surface area contributed by atoms with E-state index in [-0.39, 0.29) is 29.8 Å². The van der Waals surface area contributed by atoms with Gasteiger partial charge in [-0.15, -0.1) is 0 Å². The number of amides is 1. The third-order valence-corrected chi connectivity index (χ3v) is 7.52. The lowest BCUT2D eigenvalue weighted by atomic mass is 9.94. The van der Waals surface area contributed by atoms with Crippen molar-refractivity contribution in [3.8, 4) is 16.9 Å². The van der Waals surface area contributed by atoms with Gasteiger partial charge < -0.3 is 19.3 Å². The molecule has 2 bridgehead atoms. The maximum absolute atomic E-state index is 13.4. The van der Waals surface area contributed by atoms with Crippen molar-refractivity contribution in [3.05, 3.63) is 71.6 Å². The quantitative estimate of drug-likeness (QED) is 0.394. The summed E-state index contributed by atoms with van der Waals surface area (Å²) in [7, 11) is 0. The third kappa shape index (κ3) is 3.74. The number of fused-ring (bicyclic) bond motifs is 9. The molecule has 0 spiro atoms. The summed E-state index contributed by atoms with van der Waals surface area (Å²) in [6.07, 6.45) is 3.83. The van der Waals surface area contributed by atoms with Crippen molar-refractivity contribution in [3.63, 3.8) is 0 Å². The van der Waals surface area contributed by atoms with Gasteiger partial charge in [0.05, 0.1) is 29.2 Å². The Hall–Kier alpha value is -3.92. The van der Waals surface area contributed by atoms with Crippen LogP contribution in [0.25, 0.3) is 22.2 Å². The molecule has 3 atom stereocenters. The molecule has 4 aromatic rings. The van der Waals surface area contributed by atoms with Gasteiger partial charge in [-0.1, -0.05) is 18.2 Å². The Morgan fingerprint density at radius 1 is 1.13 bits per heavy atom. The molecule has 2 aliphatic rings. The van der Waals surface area contributed by atoms with Gasteiger partial charge >= 0.3 is 6.61 Å². The van der Waals surface area contributed by atoms with Crippen molar-refractivity contribution < 1.29 is 23.4 Å². The zero-order valence-electron chi connectivity index (χ0n) is 21.4. The molecule has 38 heavy (non-hydrogen) atoms. The lowest BCUT2D eigenvalue weighted by molar-refractivity contribution is -0.133. The fraction of sp³-hybridized carbons (Fsp3) is 0.357. The van der Waals surface area contributed by atoms with Crippen molar-refractivity contribution in [2.45, 2.75) is 64.5 Å². The molecule has 0 saturated carbocycles. The van der Waals surface area contributed by atoms with E-state index in [1.165, 1.54) is 6.92 Å². The molecule has 196 valence electrons. The number of aliphatic hydroxyl groups is 1. The average molecular weight is 520 g/mol. The molecular weight excluding hydrogens is 492 g/mol. The summed E-state index contributed by atoms with van der Waals surface area (Å²) in [6, 6.07) is 9.91. The van der Waals surface area contributed by atoms with Crippen LogP contribution in [0.2, 0.25) is 0 Å². The molecule has 8 nitrogen and oxygen atoms in total. The van der Waals surface area contributed by atoms with E-state index in [4.69, 9.17) is 9.72 Å². The van der Waals surface area contributed by atoms with Crippen LogP contribution in [0.3, 0.4) is 0 Å². The molecule has 1 unspecified atom stereocenters. The van der Waals surface area contributed by atoms with Crippen LogP contribution in [0.5, 0.6) is 5.75 Å². The van der Waals surface area contributed by atoms with Crippen LogP contribution in [0.4, 0.5) is 8.78 Å². The first kappa shape index (κ1) is 24.4. The van der Waals surface area contributed by atoms with E-state index >= 15 is 0 Å². The fourth-order valence-corrected chi connectivity index (χ4v) is 5.95. The first-order chi connectivity index (χ1) is 18.0. The first-order valence-electron chi connectivity index (χ1n) is 12.5. The summed E-state index contributed by atoms with van der Waals surface area (Å²) in [5.41, 5.74) is 3.42.